The second kappa shape index (κ2) is 5.94. The number of hydrogen-bond acceptors (Lipinski definition) is 2. The quantitative estimate of drug-likeness (QED) is 0.795. The molecule has 0 unspecified atom stereocenters. The zero-order chi connectivity index (χ0) is 14.7. The van der Waals surface area contributed by atoms with Crippen LogP contribution in [0.4, 0.5) is 0 Å². The van der Waals surface area contributed by atoms with E-state index in [-0.39, 0.29) is 0 Å². The van der Waals surface area contributed by atoms with Crippen molar-refractivity contribution in [1.82, 2.24) is 9.55 Å². The van der Waals surface area contributed by atoms with Crippen LogP contribution in [0.1, 0.15) is 28.6 Å². The van der Waals surface area contributed by atoms with E-state index in [1.165, 1.54) is 11.1 Å². The van der Waals surface area contributed by atoms with Crippen LogP contribution in [-0.2, 0) is 6.54 Å². The molecule has 0 fully saturated rings. The smallest absolute Gasteiger partial charge is 0.142 e. The van der Waals surface area contributed by atoms with Gasteiger partial charge in [-0.15, -0.1) is 0 Å². The molecule has 1 atom stereocenters. The third kappa shape index (κ3) is 3.03. The lowest BCUT2D eigenvalue weighted by Gasteiger charge is -2.14. The van der Waals surface area contributed by atoms with Crippen LogP contribution < -0.4 is 0 Å². The third-order valence-corrected chi connectivity index (χ3v) is 3.58. The van der Waals surface area contributed by atoms with Crippen LogP contribution in [0.15, 0.2) is 67.0 Å². The molecule has 3 nitrogen and oxygen atoms in total. The number of rotatable bonds is 4. The van der Waals surface area contributed by atoms with Gasteiger partial charge in [0.25, 0.3) is 0 Å². The minimum Gasteiger partial charge on any atom is -0.380 e. The largest absolute Gasteiger partial charge is 0.380 e. The second-order valence-electron chi connectivity index (χ2n) is 5.21. The van der Waals surface area contributed by atoms with E-state index < -0.39 is 6.10 Å². The molecule has 0 amide bonds. The summed E-state index contributed by atoms with van der Waals surface area (Å²) in [6.07, 6.45) is 2.93. The number of aryl methyl sites for hydroxylation is 1. The Bertz CT molecular complexity index is 702. The van der Waals surface area contributed by atoms with Crippen LogP contribution >= 0.6 is 0 Å². The Morgan fingerprint density at radius 3 is 2.48 bits per heavy atom. The molecule has 1 aromatic heterocycles. The summed E-state index contributed by atoms with van der Waals surface area (Å²) in [5, 5.41) is 10.5. The number of imidazole rings is 1. The fourth-order valence-electron chi connectivity index (χ4n) is 2.38. The van der Waals surface area contributed by atoms with Crippen molar-refractivity contribution in [3.8, 4) is 0 Å². The van der Waals surface area contributed by atoms with Crippen LogP contribution in [0.2, 0.25) is 0 Å². The maximum Gasteiger partial charge on any atom is 0.142 e. The zero-order valence-electron chi connectivity index (χ0n) is 12.0. The normalized spacial score (nSPS) is 12.3. The van der Waals surface area contributed by atoms with Gasteiger partial charge in [0, 0.05) is 18.9 Å². The Labute approximate surface area is 124 Å². The lowest BCUT2D eigenvalue weighted by atomic mass is 10.1. The van der Waals surface area contributed by atoms with Crippen LogP contribution in [0.3, 0.4) is 0 Å². The Kier molecular flexibility index (Phi) is 3.84. The fourth-order valence-corrected chi connectivity index (χ4v) is 2.38. The van der Waals surface area contributed by atoms with Crippen LogP contribution in [0.5, 0.6) is 0 Å². The zero-order valence-corrected chi connectivity index (χ0v) is 12.0. The molecule has 0 aliphatic rings. The molecule has 0 aliphatic heterocycles. The fraction of sp³-hybridized carbons (Fsp3) is 0.167. The van der Waals surface area contributed by atoms with Gasteiger partial charge in [0.05, 0.1) is 0 Å². The van der Waals surface area contributed by atoms with Crippen molar-refractivity contribution < 1.29 is 5.11 Å². The SMILES string of the molecule is Cc1ccc([C@@H](O)c2nccn2Cc2ccccc2)cc1. The van der Waals surface area contributed by atoms with Gasteiger partial charge in [0.15, 0.2) is 0 Å². The minimum atomic E-state index is -0.704. The first kappa shape index (κ1) is 13.6. The molecule has 0 saturated carbocycles. The van der Waals surface area contributed by atoms with E-state index in [0.717, 1.165) is 5.56 Å². The molecule has 0 saturated heterocycles. The standard InChI is InChI=1S/C18H18N2O/c1-14-7-9-16(10-8-14)17(21)18-19-11-12-20(18)13-15-5-3-2-4-6-15/h2-12,17,21H,13H2,1H3/t17-/m1/s1. The lowest BCUT2D eigenvalue weighted by Crippen LogP contribution is -2.10. The monoisotopic (exact) mass is 278 g/mol. The van der Waals surface area contributed by atoms with Gasteiger partial charge in [0.2, 0.25) is 0 Å². The molecule has 1 N–H and O–H groups in total. The molecule has 0 spiro atoms. The summed E-state index contributed by atoms with van der Waals surface area (Å²) in [5.41, 5.74) is 3.23. The number of hydrogen-bond donors (Lipinski definition) is 1. The molecule has 0 radical (unpaired) electrons. The molecule has 106 valence electrons. The van der Waals surface area contributed by atoms with Crippen LogP contribution in [0, 0.1) is 6.92 Å². The summed E-state index contributed by atoms with van der Waals surface area (Å²) >= 11 is 0. The van der Waals surface area contributed by atoms with Crippen LogP contribution in [-0.4, -0.2) is 14.7 Å². The van der Waals surface area contributed by atoms with Gasteiger partial charge < -0.3 is 9.67 Å². The highest BCUT2D eigenvalue weighted by Crippen LogP contribution is 2.21. The number of benzene rings is 2. The molecule has 3 rings (SSSR count). The first-order valence-electron chi connectivity index (χ1n) is 7.03. The van der Waals surface area contributed by atoms with Gasteiger partial charge >= 0.3 is 0 Å². The highest BCUT2D eigenvalue weighted by Gasteiger charge is 2.16. The summed E-state index contributed by atoms with van der Waals surface area (Å²) in [6.45, 7) is 2.74. The highest BCUT2D eigenvalue weighted by molar-refractivity contribution is 5.27. The van der Waals surface area contributed by atoms with Crippen molar-refractivity contribution in [1.29, 1.82) is 0 Å². The van der Waals surface area contributed by atoms with Crippen molar-refractivity contribution in [3.63, 3.8) is 0 Å². The van der Waals surface area contributed by atoms with Gasteiger partial charge in [-0.25, -0.2) is 4.98 Å². The topological polar surface area (TPSA) is 38.1 Å². The van der Waals surface area contributed by atoms with E-state index in [2.05, 4.69) is 17.1 Å². The molecule has 3 heteroatoms. The Balaban J connectivity index is 1.86. The summed E-state index contributed by atoms with van der Waals surface area (Å²) in [7, 11) is 0. The molecule has 2 aromatic carbocycles. The first-order valence-corrected chi connectivity index (χ1v) is 7.03. The maximum absolute atomic E-state index is 10.5. The summed E-state index contributed by atoms with van der Waals surface area (Å²) in [4.78, 5) is 4.32. The van der Waals surface area contributed by atoms with E-state index in [1.54, 1.807) is 6.20 Å². The summed E-state index contributed by atoms with van der Waals surface area (Å²) in [5.74, 6) is 0.669. The molecular formula is C18H18N2O. The van der Waals surface area contributed by atoms with Gasteiger partial charge in [-0.05, 0) is 18.1 Å². The third-order valence-electron chi connectivity index (χ3n) is 3.58. The van der Waals surface area contributed by atoms with E-state index in [0.29, 0.717) is 12.4 Å². The molecule has 3 aromatic rings. The predicted molar refractivity (Wildman–Crippen MR) is 83.0 cm³/mol. The molecular weight excluding hydrogens is 260 g/mol. The average Bonchev–Trinajstić information content (AvgIpc) is 2.96. The number of aliphatic hydroxyl groups excluding tert-OH is 1. The van der Waals surface area contributed by atoms with Gasteiger partial charge in [-0.3, -0.25) is 0 Å². The number of aliphatic hydroxyl groups is 1. The Hall–Kier alpha value is -2.39. The average molecular weight is 278 g/mol. The number of aromatic nitrogens is 2. The van der Waals surface area contributed by atoms with E-state index in [9.17, 15) is 5.11 Å². The van der Waals surface area contributed by atoms with Crippen molar-refractivity contribution in [2.45, 2.75) is 19.6 Å². The maximum atomic E-state index is 10.5. The van der Waals surface area contributed by atoms with Gasteiger partial charge in [-0.2, -0.15) is 0 Å². The molecule has 0 aliphatic carbocycles. The second-order valence-corrected chi connectivity index (χ2v) is 5.21. The van der Waals surface area contributed by atoms with Crippen molar-refractivity contribution in [2.24, 2.45) is 0 Å². The number of nitrogens with zero attached hydrogens (tertiary/aromatic N) is 2. The minimum absolute atomic E-state index is 0.669. The van der Waals surface area contributed by atoms with E-state index >= 15 is 0 Å². The van der Waals surface area contributed by atoms with Crippen molar-refractivity contribution in [2.75, 3.05) is 0 Å². The Morgan fingerprint density at radius 2 is 1.76 bits per heavy atom. The van der Waals surface area contributed by atoms with Gasteiger partial charge in [-0.1, -0.05) is 60.2 Å². The van der Waals surface area contributed by atoms with Crippen molar-refractivity contribution in [3.05, 3.63) is 89.5 Å². The highest BCUT2D eigenvalue weighted by atomic mass is 16.3. The summed E-state index contributed by atoms with van der Waals surface area (Å²) < 4.78 is 1.99. The van der Waals surface area contributed by atoms with Crippen LogP contribution in [0.25, 0.3) is 0 Å². The molecule has 21 heavy (non-hydrogen) atoms. The predicted octanol–water partition coefficient (Wildman–Crippen LogP) is 3.32. The molecule has 1 heterocycles. The lowest BCUT2D eigenvalue weighted by molar-refractivity contribution is 0.205. The van der Waals surface area contributed by atoms with Gasteiger partial charge in [0.1, 0.15) is 11.9 Å². The first-order chi connectivity index (χ1) is 10.2. The summed E-state index contributed by atoms with van der Waals surface area (Å²) in [6, 6.07) is 18.1. The van der Waals surface area contributed by atoms with E-state index in [4.69, 9.17) is 0 Å². The molecule has 0 bridgehead atoms. The van der Waals surface area contributed by atoms with E-state index in [1.807, 2.05) is 60.2 Å². The Morgan fingerprint density at radius 1 is 1.05 bits per heavy atom. The van der Waals surface area contributed by atoms with Crippen molar-refractivity contribution >= 4 is 0 Å².